The molecule has 2 amide bonds. The van der Waals surface area contributed by atoms with E-state index in [1.165, 1.54) is 0 Å². The van der Waals surface area contributed by atoms with Gasteiger partial charge in [0.25, 0.3) is 5.88 Å². The molecule has 1 aromatic carbocycles. The van der Waals surface area contributed by atoms with Crippen LogP contribution in [0.5, 0.6) is 0 Å². The monoisotopic (exact) mass is 432 g/mol. The zero-order chi connectivity index (χ0) is 23.4. The average Bonchev–Trinajstić information content (AvgIpc) is 3.04. The highest BCUT2D eigenvalue weighted by Gasteiger charge is 2.39. The summed E-state index contributed by atoms with van der Waals surface area (Å²) in [5.74, 6) is -1.28. The number of aromatic nitrogens is 1. The lowest BCUT2D eigenvalue weighted by molar-refractivity contribution is 0.0421. The SMILES string of the molecule is CCOC(=O)c1nc(-c2ccccc2)oc1N(C(=O)OC(C)(C)C)C(=O)OC(C)(C)C. The molecule has 0 aliphatic rings. The van der Waals surface area contributed by atoms with E-state index < -0.39 is 35.2 Å². The number of carbonyl (C=O) groups excluding carboxylic acids is 3. The number of hydrogen-bond donors (Lipinski definition) is 0. The molecule has 0 bridgehead atoms. The number of ether oxygens (including phenoxy) is 3. The molecular formula is C22H28N2O7. The van der Waals surface area contributed by atoms with Crippen molar-refractivity contribution in [3.8, 4) is 11.5 Å². The number of esters is 1. The van der Waals surface area contributed by atoms with Gasteiger partial charge in [0, 0.05) is 5.56 Å². The third kappa shape index (κ3) is 6.56. The minimum absolute atomic E-state index is 0.0239. The van der Waals surface area contributed by atoms with Crippen molar-refractivity contribution in [1.82, 2.24) is 4.98 Å². The molecule has 0 saturated heterocycles. The number of rotatable bonds is 4. The topological polar surface area (TPSA) is 108 Å². The Labute approximate surface area is 181 Å². The molecule has 0 saturated carbocycles. The van der Waals surface area contributed by atoms with Gasteiger partial charge in [0.1, 0.15) is 11.2 Å². The first kappa shape index (κ1) is 23.9. The van der Waals surface area contributed by atoms with Crippen LogP contribution < -0.4 is 4.90 Å². The Balaban J connectivity index is 2.63. The van der Waals surface area contributed by atoms with Gasteiger partial charge >= 0.3 is 18.2 Å². The molecule has 2 rings (SSSR count). The van der Waals surface area contributed by atoms with Gasteiger partial charge in [-0.15, -0.1) is 4.90 Å². The van der Waals surface area contributed by atoms with Crippen LogP contribution in [-0.2, 0) is 14.2 Å². The Morgan fingerprint density at radius 3 is 1.90 bits per heavy atom. The number of anilines is 1. The Bertz CT molecular complexity index is 909. The van der Waals surface area contributed by atoms with Crippen molar-refractivity contribution in [2.24, 2.45) is 0 Å². The van der Waals surface area contributed by atoms with E-state index in [1.54, 1.807) is 78.8 Å². The zero-order valence-corrected chi connectivity index (χ0v) is 18.8. The van der Waals surface area contributed by atoms with E-state index in [2.05, 4.69) is 4.98 Å². The number of hydrogen-bond acceptors (Lipinski definition) is 8. The normalized spacial score (nSPS) is 11.6. The maximum Gasteiger partial charge on any atom is 0.427 e. The summed E-state index contributed by atoms with van der Waals surface area (Å²) in [7, 11) is 0. The first-order valence-electron chi connectivity index (χ1n) is 9.82. The summed E-state index contributed by atoms with van der Waals surface area (Å²) in [6.45, 7) is 11.5. The largest absolute Gasteiger partial charge is 0.461 e. The molecule has 31 heavy (non-hydrogen) atoms. The van der Waals surface area contributed by atoms with Crippen molar-refractivity contribution >= 4 is 24.0 Å². The summed E-state index contributed by atoms with van der Waals surface area (Å²) in [6, 6.07) is 8.71. The van der Waals surface area contributed by atoms with E-state index in [0.29, 0.717) is 10.5 Å². The van der Waals surface area contributed by atoms with Crippen LogP contribution in [0.3, 0.4) is 0 Å². The van der Waals surface area contributed by atoms with Crippen molar-refractivity contribution in [2.75, 3.05) is 11.5 Å². The predicted octanol–water partition coefficient (Wildman–Crippen LogP) is 5.19. The third-order valence-corrected chi connectivity index (χ3v) is 3.45. The van der Waals surface area contributed by atoms with E-state index in [0.717, 1.165) is 0 Å². The summed E-state index contributed by atoms with van der Waals surface area (Å²) in [6.07, 6.45) is -2.16. The lowest BCUT2D eigenvalue weighted by Gasteiger charge is -2.27. The van der Waals surface area contributed by atoms with Gasteiger partial charge in [-0.2, -0.15) is 4.98 Å². The third-order valence-electron chi connectivity index (χ3n) is 3.45. The fraction of sp³-hybridized carbons (Fsp3) is 0.455. The van der Waals surface area contributed by atoms with Crippen LogP contribution >= 0.6 is 0 Å². The highest BCUT2D eigenvalue weighted by molar-refractivity contribution is 6.11. The average molecular weight is 432 g/mol. The Kier molecular flexibility index (Phi) is 7.09. The van der Waals surface area contributed by atoms with E-state index >= 15 is 0 Å². The van der Waals surface area contributed by atoms with Crippen molar-refractivity contribution in [1.29, 1.82) is 0 Å². The van der Waals surface area contributed by atoms with Crippen LogP contribution in [-0.4, -0.2) is 40.9 Å². The van der Waals surface area contributed by atoms with E-state index in [1.807, 2.05) is 0 Å². The van der Waals surface area contributed by atoms with Crippen molar-refractivity contribution in [2.45, 2.75) is 59.7 Å². The number of carbonyl (C=O) groups is 3. The molecule has 1 aromatic heterocycles. The molecule has 0 radical (unpaired) electrons. The fourth-order valence-electron chi connectivity index (χ4n) is 2.36. The predicted molar refractivity (Wildman–Crippen MR) is 113 cm³/mol. The Morgan fingerprint density at radius 1 is 0.935 bits per heavy atom. The fourth-order valence-corrected chi connectivity index (χ4v) is 2.36. The van der Waals surface area contributed by atoms with Crippen molar-refractivity contribution < 1.29 is 33.0 Å². The second-order valence-corrected chi connectivity index (χ2v) is 8.56. The molecule has 0 aliphatic carbocycles. The molecule has 0 spiro atoms. The molecule has 0 atom stereocenters. The van der Waals surface area contributed by atoms with Crippen LogP contribution in [0, 0.1) is 0 Å². The highest BCUT2D eigenvalue weighted by Crippen LogP contribution is 2.31. The van der Waals surface area contributed by atoms with Gasteiger partial charge in [-0.05, 0) is 60.6 Å². The number of amides is 2. The molecular weight excluding hydrogens is 404 g/mol. The van der Waals surface area contributed by atoms with Crippen LogP contribution in [0.4, 0.5) is 15.5 Å². The van der Waals surface area contributed by atoms with Crippen LogP contribution in [0.2, 0.25) is 0 Å². The lowest BCUT2D eigenvalue weighted by atomic mass is 10.2. The summed E-state index contributed by atoms with van der Waals surface area (Å²) >= 11 is 0. The lowest BCUT2D eigenvalue weighted by Crippen LogP contribution is -2.44. The summed E-state index contributed by atoms with van der Waals surface area (Å²) in [5, 5.41) is 0. The van der Waals surface area contributed by atoms with Crippen LogP contribution in [0.25, 0.3) is 11.5 Å². The standard InChI is InChI=1S/C22H28N2O7/c1-8-28-18(25)15-17(29-16(23-15)14-12-10-9-11-13-14)24(19(26)30-21(2,3)4)20(27)31-22(5,6)7/h9-13H,8H2,1-7H3. The molecule has 9 nitrogen and oxygen atoms in total. The molecule has 9 heteroatoms. The quantitative estimate of drug-likeness (QED) is 0.479. The van der Waals surface area contributed by atoms with Crippen LogP contribution in [0.15, 0.2) is 34.7 Å². The number of oxazole rings is 1. The van der Waals surface area contributed by atoms with Crippen LogP contribution in [0.1, 0.15) is 59.0 Å². The molecule has 2 aromatic rings. The Hall–Kier alpha value is -3.36. The number of benzene rings is 1. The van der Waals surface area contributed by atoms with Gasteiger partial charge in [-0.3, -0.25) is 0 Å². The van der Waals surface area contributed by atoms with Gasteiger partial charge in [0.15, 0.2) is 0 Å². The smallest absolute Gasteiger partial charge is 0.427 e. The summed E-state index contributed by atoms with van der Waals surface area (Å²) in [5.41, 5.74) is -1.67. The molecule has 168 valence electrons. The first-order chi connectivity index (χ1) is 14.3. The molecule has 0 unspecified atom stereocenters. The zero-order valence-electron chi connectivity index (χ0n) is 18.8. The highest BCUT2D eigenvalue weighted by atomic mass is 16.6. The number of imide groups is 1. The molecule has 0 fully saturated rings. The van der Waals surface area contributed by atoms with E-state index in [4.69, 9.17) is 18.6 Å². The van der Waals surface area contributed by atoms with Crippen molar-refractivity contribution in [3.05, 3.63) is 36.0 Å². The second-order valence-electron chi connectivity index (χ2n) is 8.56. The van der Waals surface area contributed by atoms with Gasteiger partial charge in [-0.1, -0.05) is 18.2 Å². The summed E-state index contributed by atoms with van der Waals surface area (Å²) in [4.78, 5) is 43.1. The van der Waals surface area contributed by atoms with E-state index in [9.17, 15) is 14.4 Å². The minimum Gasteiger partial charge on any atom is -0.461 e. The Morgan fingerprint density at radius 2 is 1.45 bits per heavy atom. The maximum absolute atomic E-state index is 12.9. The van der Waals surface area contributed by atoms with Gasteiger partial charge in [-0.25, -0.2) is 14.4 Å². The summed E-state index contributed by atoms with van der Waals surface area (Å²) < 4.78 is 21.4. The number of nitrogens with zero attached hydrogens (tertiary/aromatic N) is 2. The van der Waals surface area contributed by atoms with Gasteiger partial charge in [0.05, 0.1) is 6.61 Å². The van der Waals surface area contributed by atoms with Gasteiger partial charge in [0.2, 0.25) is 11.6 Å². The van der Waals surface area contributed by atoms with Gasteiger partial charge < -0.3 is 18.6 Å². The van der Waals surface area contributed by atoms with E-state index in [-0.39, 0.29) is 18.2 Å². The minimum atomic E-state index is -1.08. The molecule has 1 heterocycles. The first-order valence-corrected chi connectivity index (χ1v) is 9.82. The second kappa shape index (κ2) is 9.20. The molecule has 0 N–H and O–H groups in total. The maximum atomic E-state index is 12.9. The molecule has 0 aliphatic heterocycles. The van der Waals surface area contributed by atoms with Crippen molar-refractivity contribution in [3.63, 3.8) is 0 Å².